The molecular weight excluding hydrogens is 482 g/mol. The summed E-state index contributed by atoms with van der Waals surface area (Å²) >= 11 is 6.72. The second kappa shape index (κ2) is 8.23. The molecule has 2 bridgehead atoms. The molecule has 4 rings (SSSR count). The standard InChI is InChI=1S/C17H16ClF4N5O4S/c1-32-15-24-10-7(13(28)26-15)14(25-12(18)8(10)19)31-11(17(20,21)22)9-6-3-2-5(4-23-9)27(6)16(29)30/h5-6,9,11,23H,2-4H2,1H3,(H,29,30)(H,24,26,28)/t5-,6+,9+,11+/m1/s1. The highest BCUT2D eigenvalue weighted by atomic mass is 35.5. The number of nitrogens with zero attached hydrogens (tertiary/aromatic N) is 3. The quantitative estimate of drug-likeness (QED) is 0.255. The lowest BCUT2D eigenvalue weighted by Crippen LogP contribution is -2.66. The molecule has 0 radical (unpaired) electrons. The lowest BCUT2D eigenvalue weighted by molar-refractivity contribution is -0.209. The van der Waals surface area contributed by atoms with E-state index in [0.717, 1.165) is 16.7 Å². The second-order valence-corrected chi connectivity index (χ2v) is 8.48. The molecular formula is C17H16ClF4N5O4S. The topological polar surface area (TPSA) is 120 Å². The Morgan fingerprint density at radius 2 is 2.09 bits per heavy atom. The summed E-state index contributed by atoms with van der Waals surface area (Å²) in [5, 5.41) is 10.7. The van der Waals surface area contributed by atoms with Crippen LogP contribution in [0.15, 0.2) is 9.95 Å². The second-order valence-electron chi connectivity index (χ2n) is 7.32. The third kappa shape index (κ3) is 3.83. The Kier molecular flexibility index (Phi) is 5.88. The molecule has 0 spiro atoms. The summed E-state index contributed by atoms with van der Waals surface area (Å²) in [5.41, 5.74) is -1.54. The van der Waals surface area contributed by atoms with Gasteiger partial charge in [0.05, 0.1) is 12.1 Å². The smallest absolute Gasteiger partial charge is 0.427 e. The minimum atomic E-state index is -4.98. The molecule has 0 aromatic carbocycles. The summed E-state index contributed by atoms with van der Waals surface area (Å²) in [4.78, 5) is 34.8. The summed E-state index contributed by atoms with van der Waals surface area (Å²) in [7, 11) is 0. The van der Waals surface area contributed by atoms with E-state index in [2.05, 4.69) is 20.3 Å². The number of rotatable bonds is 4. The number of ether oxygens (including phenoxy) is 1. The van der Waals surface area contributed by atoms with Crippen LogP contribution in [0.1, 0.15) is 12.8 Å². The van der Waals surface area contributed by atoms with Crippen LogP contribution in [0.25, 0.3) is 10.9 Å². The number of fused-ring (bicyclic) bond motifs is 3. The lowest BCUT2D eigenvalue weighted by Gasteiger charge is -2.42. The number of thioether (sulfide) groups is 1. The number of piperazine rings is 1. The Labute approximate surface area is 186 Å². The third-order valence-electron chi connectivity index (χ3n) is 5.55. The van der Waals surface area contributed by atoms with E-state index in [1.807, 2.05) is 0 Å². The minimum Gasteiger partial charge on any atom is -0.465 e. The number of aromatic amines is 1. The van der Waals surface area contributed by atoms with Crippen LogP contribution in [0.4, 0.5) is 22.4 Å². The Balaban J connectivity index is 1.81. The van der Waals surface area contributed by atoms with Gasteiger partial charge in [-0.1, -0.05) is 23.4 Å². The molecule has 0 unspecified atom stereocenters. The first-order chi connectivity index (χ1) is 15.0. The number of pyridine rings is 1. The van der Waals surface area contributed by atoms with E-state index < -0.39 is 69.8 Å². The molecule has 0 aliphatic carbocycles. The van der Waals surface area contributed by atoms with Crippen LogP contribution in [0.5, 0.6) is 5.88 Å². The van der Waals surface area contributed by atoms with Crippen LogP contribution in [0.2, 0.25) is 5.15 Å². The fourth-order valence-electron chi connectivity index (χ4n) is 4.23. The van der Waals surface area contributed by atoms with Crippen molar-refractivity contribution < 1.29 is 32.2 Å². The number of H-pyrrole nitrogens is 1. The Morgan fingerprint density at radius 1 is 1.38 bits per heavy atom. The molecule has 0 saturated carbocycles. The largest absolute Gasteiger partial charge is 0.465 e. The molecule has 3 N–H and O–H groups in total. The van der Waals surface area contributed by atoms with Crippen LogP contribution >= 0.6 is 23.4 Å². The van der Waals surface area contributed by atoms with Crippen molar-refractivity contribution in [3.63, 3.8) is 0 Å². The first kappa shape index (κ1) is 22.9. The summed E-state index contributed by atoms with van der Waals surface area (Å²) in [6, 6.07) is -2.94. The number of alkyl halides is 3. The van der Waals surface area contributed by atoms with Gasteiger partial charge in [0, 0.05) is 12.6 Å². The van der Waals surface area contributed by atoms with E-state index in [0.29, 0.717) is 6.42 Å². The van der Waals surface area contributed by atoms with Crippen LogP contribution in [0, 0.1) is 5.82 Å². The van der Waals surface area contributed by atoms with Crippen molar-refractivity contribution in [2.24, 2.45) is 0 Å². The van der Waals surface area contributed by atoms with Gasteiger partial charge in [0.15, 0.2) is 16.1 Å². The number of halogens is 5. The Hall–Kier alpha value is -2.32. The molecule has 32 heavy (non-hydrogen) atoms. The summed E-state index contributed by atoms with van der Waals surface area (Å²) in [5.74, 6) is -2.02. The summed E-state index contributed by atoms with van der Waals surface area (Å²) < 4.78 is 61.9. The first-order valence-corrected chi connectivity index (χ1v) is 10.9. The van der Waals surface area contributed by atoms with E-state index in [1.165, 1.54) is 0 Å². The van der Waals surface area contributed by atoms with Gasteiger partial charge in [-0.15, -0.1) is 0 Å². The van der Waals surface area contributed by atoms with Gasteiger partial charge in [-0.25, -0.2) is 14.2 Å². The van der Waals surface area contributed by atoms with Gasteiger partial charge < -0.3 is 20.1 Å². The molecule has 2 aromatic rings. The molecule has 2 saturated heterocycles. The highest BCUT2D eigenvalue weighted by Gasteiger charge is 2.56. The van der Waals surface area contributed by atoms with Gasteiger partial charge in [0.1, 0.15) is 10.9 Å². The van der Waals surface area contributed by atoms with Gasteiger partial charge in [-0.2, -0.15) is 18.2 Å². The van der Waals surface area contributed by atoms with Crippen LogP contribution < -0.4 is 15.6 Å². The summed E-state index contributed by atoms with van der Waals surface area (Å²) in [6.07, 6.45) is -6.75. The lowest BCUT2D eigenvalue weighted by atomic mass is 9.98. The molecule has 2 aliphatic heterocycles. The predicted octanol–water partition coefficient (Wildman–Crippen LogP) is 2.62. The van der Waals surface area contributed by atoms with Crippen LogP contribution in [-0.2, 0) is 0 Å². The van der Waals surface area contributed by atoms with E-state index in [4.69, 9.17) is 16.3 Å². The fourth-order valence-corrected chi connectivity index (χ4v) is 4.77. The number of carbonyl (C=O) groups is 1. The molecule has 4 atom stereocenters. The summed E-state index contributed by atoms with van der Waals surface area (Å²) in [6.45, 7) is 0.000971. The van der Waals surface area contributed by atoms with Gasteiger partial charge >= 0.3 is 12.3 Å². The molecule has 2 aromatic heterocycles. The van der Waals surface area contributed by atoms with Crippen LogP contribution in [0.3, 0.4) is 0 Å². The average molecular weight is 498 g/mol. The van der Waals surface area contributed by atoms with Gasteiger partial charge in [0.2, 0.25) is 12.0 Å². The van der Waals surface area contributed by atoms with Crippen molar-refractivity contribution in [3.05, 3.63) is 21.3 Å². The number of carboxylic acid groups (broad SMARTS) is 1. The van der Waals surface area contributed by atoms with Crippen molar-refractivity contribution in [1.29, 1.82) is 0 Å². The van der Waals surface area contributed by atoms with Crippen molar-refractivity contribution in [2.45, 2.75) is 48.4 Å². The number of hydrogen-bond acceptors (Lipinski definition) is 7. The SMILES string of the molecule is CSc1nc2c(F)c(Cl)nc(O[C@@H]([C@H]3NC[C@H]4CC[C@@H]3N4C(=O)O)C(F)(F)F)c2c(=O)[nH]1. The molecule has 4 heterocycles. The number of nitrogens with one attached hydrogen (secondary N) is 2. The van der Waals surface area contributed by atoms with Crippen molar-refractivity contribution in [2.75, 3.05) is 12.8 Å². The predicted molar refractivity (Wildman–Crippen MR) is 106 cm³/mol. The maximum atomic E-state index is 14.5. The zero-order valence-electron chi connectivity index (χ0n) is 16.2. The maximum Gasteiger partial charge on any atom is 0.427 e. The van der Waals surface area contributed by atoms with Gasteiger partial charge in [0.25, 0.3) is 5.56 Å². The molecule has 15 heteroatoms. The van der Waals surface area contributed by atoms with Crippen molar-refractivity contribution in [1.82, 2.24) is 25.2 Å². The zero-order chi connectivity index (χ0) is 23.4. The van der Waals surface area contributed by atoms with Crippen molar-refractivity contribution >= 4 is 40.4 Å². The van der Waals surface area contributed by atoms with Gasteiger partial charge in [-0.3, -0.25) is 9.69 Å². The molecule has 9 nitrogen and oxygen atoms in total. The number of aromatic nitrogens is 3. The van der Waals surface area contributed by atoms with E-state index in [1.54, 1.807) is 6.26 Å². The minimum absolute atomic E-state index is 0.000971. The molecule has 2 aliphatic rings. The highest BCUT2D eigenvalue weighted by Crippen LogP contribution is 2.38. The first-order valence-electron chi connectivity index (χ1n) is 9.34. The highest BCUT2D eigenvalue weighted by molar-refractivity contribution is 7.98. The normalized spacial score (nSPS) is 24.1. The number of hydrogen-bond donors (Lipinski definition) is 3. The fraction of sp³-hybridized carbons (Fsp3) is 0.529. The van der Waals surface area contributed by atoms with E-state index >= 15 is 0 Å². The van der Waals surface area contributed by atoms with E-state index in [-0.39, 0.29) is 18.1 Å². The van der Waals surface area contributed by atoms with E-state index in [9.17, 15) is 32.3 Å². The van der Waals surface area contributed by atoms with Crippen molar-refractivity contribution in [3.8, 4) is 5.88 Å². The van der Waals surface area contributed by atoms with Gasteiger partial charge in [-0.05, 0) is 19.1 Å². The zero-order valence-corrected chi connectivity index (χ0v) is 17.8. The molecule has 1 amide bonds. The Morgan fingerprint density at radius 3 is 2.72 bits per heavy atom. The average Bonchev–Trinajstić information content (AvgIpc) is 3.03. The third-order valence-corrected chi connectivity index (χ3v) is 6.38. The van der Waals surface area contributed by atoms with Crippen LogP contribution in [-0.4, -0.2) is 74.3 Å². The molecule has 2 fully saturated rings. The number of amides is 1. The molecule has 174 valence electrons. The Bertz CT molecular complexity index is 1130. The maximum absolute atomic E-state index is 14.5. The monoisotopic (exact) mass is 497 g/mol.